The Labute approximate surface area is 130 Å². The van der Waals surface area contributed by atoms with E-state index in [2.05, 4.69) is 20.8 Å². The molecule has 5 aliphatic rings. The van der Waals surface area contributed by atoms with E-state index in [1.54, 1.807) is 0 Å². The zero-order chi connectivity index (χ0) is 14.9. The Morgan fingerprint density at radius 1 is 0.952 bits per heavy atom. The van der Waals surface area contributed by atoms with Crippen molar-refractivity contribution in [3.63, 3.8) is 0 Å². The molecule has 0 aliphatic heterocycles. The van der Waals surface area contributed by atoms with E-state index in [0.717, 1.165) is 11.8 Å². The Morgan fingerprint density at radius 3 is 2.19 bits per heavy atom. The number of carbonyl (C=O) groups excluding carboxylic acids is 1. The van der Waals surface area contributed by atoms with Crippen molar-refractivity contribution in [2.75, 3.05) is 0 Å². The van der Waals surface area contributed by atoms with E-state index in [-0.39, 0.29) is 5.41 Å². The number of Topliss-reactive ketones (excluding diaryl/α,β-unsaturated/α-hetero) is 1. The predicted molar refractivity (Wildman–Crippen MR) is 86.0 cm³/mol. The molecule has 0 saturated heterocycles. The van der Waals surface area contributed by atoms with Crippen LogP contribution in [0.4, 0.5) is 0 Å². The molecule has 5 saturated carbocycles. The fraction of sp³-hybridized carbons (Fsp3) is 0.950. The quantitative estimate of drug-likeness (QED) is 0.667. The molecular weight excluding hydrogens is 256 g/mol. The molecule has 118 valence electrons. The van der Waals surface area contributed by atoms with Crippen LogP contribution in [0.1, 0.15) is 85.0 Å². The number of carbonyl (C=O) groups is 1. The molecule has 21 heavy (non-hydrogen) atoms. The summed E-state index contributed by atoms with van der Waals surface area (Å²) < 4.78 is 0. The second kappa shape index (κ2) is 4.36. The summed E-state index contributed by atoms with van der Waals surface area (Å²) in [7, 11) is 0. The van der Waals surface area contributed by atoms with Crippen molar-refractivity contribution in [1.82, 2.24) is 0 Å². The van der Waals surface area contributed by atoms with Crippen molar-refractivity contribution in [3.05, 3.63) is 0 Å². The molecule has 0 aromatic carbocycles. The lowest BCUT2D eigenvalue weighted by atomic mass is 9.39. The van der Waals surface area contributed by atoms with Gasteiger partial charge in [0.2, 0.25) is 0 Å². The van der Waals surface area contributed by atoms with Gasteiger partial charge in [0.1, 0.15) is 5.78 Å². The second-order valence-electron chi connectivity index (χ2n) is 10.2. The van der Waals surface area contributed by atoms with Gasteiger partial charge in [-0.15, -0.1) is 0 Å². The first kappa shape index (κ1) is 14.3. The molecule has 0 amide bonds. The molecule has 5 rings (SSSR count). The van der Waals surface area contributed by atoms with E-state index in [9.17, 15) is 4.79 Å². The average Bonchev–Trinajstić information content (AvgIpc) is 2.33. The summed E-state index contributed by atoms with van der Waals surface area (Å²) in [5.74, 6) is 2.72. The van der Waals surface area contributed by atoms with Gasteiger partial charge in [0.25, 0.3) is 0 Å². The number of hydrogen-bond acceptors (Lipinski definition) is 1. The van der Waals surface area contributed by atoms with Gasteiger partial charge >= 0.3 is 0 Å². The number of rotatable bonds is 2. The summed E-state index contributed by atoms with van der Waals surface area (Å²) in [6.45, 7) is 7.32. The van der Waals surface area contributed by atoms with Crippen LogP contribution in [0.15, 0.2) is 0 Å². The maximum Gasteiger partial charge on any atom is 0.142 e. The van der Waals surface area contributed by atoms with Crippen LogP contribution in [0, 0.1) is 34.0 Å². The van der Waals surface area contributed by atoms with Crippen molar-refractivity contribution in [2.24, 2.45) is 34.0 Å². The summed E-state index contributed by atoms with van der Waals surface area (Å²) in [5, 5.41) is 0. The molecule has 0 heterocycles. The summed E-state index contributed by atoms with van der Waals surface area (Å²) in [5.41, 5.74) is 1.04. The predicted octanol–water partition coefficient (Wildman–Crippen LogP) is 5.38. The summed E-state index contributed by atoms with van der Waals surface area (Å²) in [4.78, 5) is 13.5. The molecule has 5 aliphatic carbocycles. The van der Waals surface area contributed by atoms with Gasteiger partial charge in [0.15, 0.2) is 0 Å². The van der Waals surface area contributed by atoms with E-state index in [0.29, 0.717) is 22.5 Å². The molecule has 0 aromatic heterocycles. The highest BCUT2D eigenvalue weighted by Gasteiger charge is 2.63. The molecule has 0 radical (unpaired) electrons. The standard InChI is InChI=1S/C20H32O/c1-14-5-4-6-16(7-14)17(21)20-10-15-8-18(2,12-20)11-19(3,9-15)13-20/h14-16H,4-13H2,1-3H3. The van der Waals surface area contributed by atoms with Crippen molar-refractivity contribution in [3.8, 4) is 0 Å². The van der Waals surface area contributed by atoms with Crippen molar-refractivity contribution >= 4 is 5.78 Å². The second-order valence-corrected chi connectivity index (χ2v) is 10.2. The van der Waals surface area contributed by atoms with Crippen LogP contribution in [0.2, 0.25) is 0 Å². The van der Waals surface area contributed by atoms with Gasteiger partial charge in [-0.2, -0.15) is 0 Å². The highest BCUT2D eigenvalue weighted by Crippen LogP contribution is 2.70. The number of hydrogen-bond donors (Lipinski definition) is 0. The lowest BCUT2D eigenvalue weighted by Crippen LogP contribution is -2.58. The molecule has 4 bridgehead atoms. The molecule has 1 heteroatoms. The van der Waals surface area contributed by atoms with Crippen molar-refractivity contribution < 1.29 is 4.79 Å². The first-order valence-corrected chi connectivity index (χ1v) is 9.36. The van der Waals surface area contributed by atoms with Crippen molar-refractivity contribution in [2.45, 2.75) is 85.0 Å². The molecule has 4 unspecified atom stereocenters. The molecule has 1 nitrogen and oxygen atoms in total. The van der Waals surface area contributed by atoms with Crippen LogP contribution >= 0.6 is 0 Å². The minimum atomic E-state index is 0.0879. The smallest absolute Gasteiger partial charge is 0.142 e. The molecule has 0 spiro atoms. The highest BCUT2D eigenvalue weighted by molar-refractivity contribution is 5.87. The van der Waals surface area contributed by atoms with Crippen LogP contribution in [-0.2, 0) is 4.79 Å². The summed E-state index contributed by atoms with van der Waals surface area (Å²) in [6, 6.07) is 0. The Balaban J connectivity index is 1.63. The van der Waals surface area contributed by atoms with E-state index < -0.39 is 0 Å². The maximum atomic E-state index is 13.5. The van der Waals surface area contributed by atoms with E-state index in [1.165, 1.54) is 64.2 Å². The Kier molecular flexibility index (Phi) is 2.96. The zero-order valence-electron chi connectivity index (χ0n) is 14.2. The molecule has 0 aromatic rings. The highest BCUT2D eigenvalue weighted by atomic mass is 16.1. The first-order valence-electron chi connectivity index (χ1n) is 9.36. The van der Waals surface area contributed by atoms with E-state index in [4.69, 9.17) is 0 Å². The SMILES string of the molecule is CC1CCCC(C(=O)C23CC4CC(C)(CC(C)(C4)C2)C3)C1. The maximum absolute atomic E-state index is 13.5. The summed E-state index contributed by atoms with van der Waals surface area (Å²) >= 11 is 0. The van der Waals surface area contributed by atoms with Gasteiger partial charge in [-0.05, 0) is 74.0 Å². The fourth-order valence-corrected chi connectivity index (χ4v) is 7.83. The van der Waals surface area contributed by atoms with Crippen LogP contribution < -0.4 is 0 Å². The minimum absolute atomic E-state index is 0.0879. The van der Waals surface area contributed by atoms with Gasteiger partial charge in [-0.25, -0.2) is 0 Å². The third kappa shape index (κ3) is 2.21. The van der Waals surface area contributed by atoms with E-state index in [1.807, 2.05) is 0 Å². The van der Waals surface area contributed by atoms with Gasteiger partial charge in [0, 0.05) is 11.3 Å². The lowest BCUT2D eigenvalue weighted by molar-refractivity contribution is -0.172. The van der Waals surface area contributed by atoms with Crippen LogP contribution in [0.25, 0.3) is 0 Å². The van der Waals surface area contributed by atoms with Crippen LogP contribution in [-0.4, -0.2) is 5.78 Å². The normalized spacial score (nSPS) is 55.7. The Morgan fingerprint density at radius 2 is 1.62 bits per heavy atom. The first-order chi connectivity index (χ1) is 9.82. The van der Waals surface area contributed by atoms with Gasteiger partial charge in [0.05, 0.1) is 0 Å². The third-order valence-corrected chi connectivity index (χ3v) is 7.46. The topological polar surface area (TPSA) is 17.1 Å². The summed E-state index contributed by atoms with van der Waals surface area (Å²) in [6.07, 6.45) is 12.8. The van der Waals surface area contributed by atoms with Crippen molar-refractivity contribution in [1.29, 1.82) is 0 Å². The molecule has 4 atom stereocenters. The van der Waals surface area contributed by atoms with Gasteiger partial charge in [-0.1, -0.05) is 33.6 Å². The lowest BCUT2D eigenvalue weighted by Gasteiger charge is -2.65. The van der Waals surface area contributed by atoms with E-state index >= 15 is 0 Å². The molecular formula is C20H32O. The minimum Gasteiger partial charge on any atom is -0.299 e. The monoisotopic (exact) mass is 288 g/mol. The Hall–Kier alpha value is -0.330. The Bertz CT molecular complexity index is 446. The zero-order valence-corrected chi connectivity index (χ0v) is 14.2. The largest absolute Gasteiger partial charge is 0.299 e. The van der Waals surface area contributed by atoms with Crippen LogP contribution in [0.5, 0.6) is 0 Å². The number of ketones is 1. The van der Waals surface area contributed by atoms with Gasteiger partial charge in [-0.3, -0.25) is 4.79 Å². The third-order valence-electron chi connectivity index (χ3n) is 7.46. The van der Waals surface area contributed by atoms with Gasteiger partial charge < -0.3 is 0 Å². The molecule has 5 fully saturated rings. The van der Waals surface area contributed by atoms with Crippen LogP contribution in [0.3, 0.4) is 0 Å². The fourth-order valence-electron chi connectivity index (χ4n) is 7.83. The molecule has 0 N–H and O–H groups in total. The average molecular weight is 288 g/mol.